The van der Waals surface area contributed by atoms with Crippen LogP contribution in [0.2, 0.25) is 0 Å². The Bertz CT molecular complexity index is 1750. The molecule has 1 aliphatic carbocycles. The van der Waals surface area contributed by atoms with Gasteiger partial charge in [0.2, 0.25) is 0 Å². The van der Waals surface area contributed by atoms with E-state index >= 15 is 0 Å². The quantitative estimate of drug-likeness (QED) is 0.0201. The first-order chi connectivity index (χ1) is 30.8. The summed E-state index contributed by atoms with van der Waals surface area (Å²) in [5, 5.41) is 2.50. The number of ether oxygens (including phenoxy) is 6. The summed E-state index contributed by atoms with van der Waals surface area (Å²) in [5.41, 5.74) is 1.00. The van der Waals surface area contributed by atoms with Crippen molar-refractivity contribution >= 4 is 24.0 Å². The SMILES string of the molecule is C=CC(=O)OCCNC(=O)OCCCCCCCOCC#Cc1ccc(C(=O)Oc2ccc(OC(=O)C3CCC(OC(F)(F)CC(F)(F)CCCCCCCCCC)CC3)cc2)cc1. The van der Waals surface area contributed by atoms with Crippen LogP contribution in [0.1, 0.15) is 145 Å². The van der Waals surface area contributed by atoms with Crippen molar-refractivity contribution in [3.05, 3.63) is 72.3 Å². The molecule has 0 unspecified atom stereocenters. The number of rotatable bonds is 30. The normalized spacial score (nSPS) is 15.0. The molecule has 0 bridgehead atoms. The van der Waals surface area contributed by atoms with E-state index in [4.69, 9.17) is 28.4 Å². The third kappa shape index (κ3) is 23.7. The molecule has 0 radical (unpaired) electrons. The first-order valence-electron chi connectivity index (χ1n) is 22.6. The maximum atomic E-state index is 14.5. The van der Waals surface area contributed by atoms with Crippen molar-refractivity contribution in [1.29, 1.82) is 0 Å². The second kappa shape index (κ2) is 30.2. The number of carbonyl (C=O) groups excluding carboxylic acids is 4. The highest BCUT2D eigenvalue weighted by Gasteiger charge is 2.46. The van der Waals surface area contributed by atoms with Gasteiger partial charge in [0.25, 0.3) is 5.92 Å². The number of esters is 3. The Morgan fingerprint density at radius 2 is 1.33 bits per heavy atom. The van der Waals surface area contributed by atoms with Crippen LogP contribution in [0.5, 0.6) is 11.5 Å². The van der Waals surface area contributed by atoms with Crippen molar-refractivity contribution < 1.29 is 65.2 Å². The van der Waals surface area contributed by atoms with Gasteiger partial charge in [-0.2, -0.15) is 8.78 Å². The third-order valence-corrected chi connectivity index (χ3v) is 10.4. The van der Waals surface area contributed by atoms with Gasteiger partial charge in [-0.3, -0.25) is 4.79 Å². The van der Waals surface area contributed by atoms with Crippen LogP contribution in [0.4, 0.5) is 22.4 Å². The predicted octanol–water partition coefficient (Wildman–Crippen LogP) is 11.3. The highest BCUT2D eigenvalue weighted by atomic mass is 19.3. The molecule has 2 aromatic rings. The molecule has 0 spiro atoms. The molecular weight excluding hydrogens is 839 g/mol. The molecule has 1 amide bonds. The van der Waals surface area contributed by atoms with Gasteiger partial charge in [-0.1, -0.05) is 89.6 Å². The number of hydrogen-bond donors (Lipinski definition) is 1. The molecule has 0 atom stereocenters. The monoisotopic (exact) mass is 903 g/mol. The Morgan fingerprint density at radius 1 is 0.734 bits per heavy atom. The number of alkyl halides is 4. The number of halogens is 4. The molecule has 15 heteroatoms. The lowest BCUT2D eigenvalue weighted by molar-refractivity contribution is -0.294. The van der Waals surface area contributed by atoms with Crippen molar-refractivity contribution in [2.75, 3.05) is 33.0 Å². The van der Waals surface area contributed by atoms with Crippen LogP contribution >= 0.6 is 0 Å². The van der Waals surface area contributed by atoms with Gasteiger partial charge < -0.3 is 33.7 Å². The number of amides is 1. The van der Waals surface area contributed by atoms with Gasteiger partial charge in [0, 0.05) is 24.7 Å². The summed E-state index contributed by atoms with van der Waals surface area (Å²) in [7, 11) is 0. The zero-order valence-electron chi connectivity index (χ0n) is 37.1. The smallest absolute Gasteiger partial charge is 0.407 e. The fourth-order valence-electron chi connectivity index (χ4n) is 6.92. The van der Waals surface area contributed by atoms with Crippen molar-refractivity contribution in [3.8, 4) is 23.3 Å². The number of unbranched alkanes of at least 4 members (excludes halogenated alkanes) is 11. The Labute approximate surface area is 375 Å². The van der Waals surface area contributed by atoms with Gasteiger partial charge in [0.15, 0.2) is 0 Å². The topological polar surface area (TPSA) is 136 Å². The molecule has 11 nitrogen and oxygen atoms in total. The zero-order valence-corrected chi connectivity index (χ0v) is 37.1. The molecule has 1 N–H and O–H groups in total. The van der Waals surface area contributed by atoms with E-state index in [1.165, 1.54) is 24.3 Å². The first-order valence-corrected chi connectivity index (χ1v) is 22.6. The van der Waals surface area contributed by atoms with E-state index in [2.05, 4.69) is 30.7 Å². The Morgan fingerprint density at radius 3 is 1.97 bits per heavy atom. The van der Waals surface area contributed by atoms with Crippen LogP contribution < -0.4 is 14.8 Å². The molecule has 3 rings (SSSR count). The molecule has 2 aromatic carbocycles. The van der Waals surface area contributed by atoms with Crippen LogP contribution in [0.3, 0.4) is 0 Å². The summed E-state index contributed by atoms with van der Waals surface area (Å²) in [6.45, 7) is 6.74. The van der Waals surface area contributed by atoms with Gasteiger partial charge in [-0.25, -0.2) is 23.2 Å². The highest BCUT2D eigenvalue weighted by molar-refractivity contribution is 5.91. The molecule has 64 heavy (non-hydrogen) atoms. The summed E-state index contributed by atoms with van der Waals surface area (Å²) in [4.78, 5) is 48.1. The fourth-order valence-corrected chi connectivity index (χ4v) is 6.92. The van der Waals surface area contributed by atoms with E-state index in [-0.39, 0.29) is 63.4 Å². The predicted molar refractivity (Wildman–Crippen MR) is 233 cm³/mol. The molecule has 1 fully saturated rings. The van der Waals surface area contributed by atoms with Crippen LogP contribution in [0, 0.1) is 17.8 Å². The van der Waals surface area contributed by atoms with Crippen LogP contribution in [0.15, 0.2) is 61.2 Å². The van der Waals surface area contributed by atoms with Crippen molar-refractivity contribution in [1.82, 2.24) is 5.32 Å². The number of alkyl carbamates (subject to hydrolysis) is 1. The van der Waals surface area contributed by atoms with Crippen LogP contribution in [-0.2, 0) is 28.5 Å². The van der Waals surface area contributed by atoms with E-state index in [0.717, 1.165) is 76.7 Å². The molecule has 1 saturated carbocycles. The van der Waals surface area contributed by atoms with E-state index in [1.807, 2.05) is 0 Å². The molecule has 0 saturated heterocycles. The number of nitrogens with one attached hydrogen (secondary N) is 1. The Hall–Kier alpha value is -4.94. The number of carbonyl (C=O) groups is 4. The molecule has 0 aliphatic heterocycles. The molecule has 1 aliphatic rings. The van der Waals surface area contributed by atoms with Crippen molar-refractivity contribution in [2.24, 2.45) is 5.92 Å². The average molecular weight is 904 g/mol. The van der Waals surface area contributed by atoms with Crippen molar-refractivity contribution in [3.63, 3.8) is 0 Å². The maximum absolute atomic E-state index is 14.5. The van der Waals surface area contributed by atoms with Gasteiger partial charge in [-0.15, -0.1) is 0 Å². The summed E-state index contributed by atoms with van der Waals surface area (Å²) in [6, 6.07) is 12.5. The third-order valence-electron chi connectivity index (χ3n) is 10.4. The second-order valence-corrected chi connectivity index (χ2v) is 15.9. The van der Waals surface area contributed by atoms with Gasteiger partial charge >= 0.3 is 30.1 Å². The van der Waals surface area contributed by atoms with Crippen molar-refractivity contribution in [2.45, 2.75) is 147 Å². The zero-order chi connectivity index (χ0) is 46.5. The molecular formula is C49H65F4NO10. The summed E-state index contributed by atoms with van der Waals surface area (Å²) < 4.78 is 89.0. The van der Waals surface area contributed by atoms with E-state index < -0.39 is 60.9 Å². The minimum absolute atomic E-state index is 0.0472. The largest absolute Gasteiger partial charge is 0.461 e. The van der Waals surface area contributed by atoms with Crippen LogP contribution in [-0.4, -0.2) is 75.1 Å². The summed E-state index contributed by atoms with van der Waals surface area (Å²) >= 11 is 0. The summed E-state index contributed by atoms with van der Waals surface area (Å²) in [6.07, 6.45) is 5.53. The fraction of sp³-hybridized carbons (Fsp3) is 0.592. The van der Waals surface area contributed by atoms with E-state index in [0.29, 0.717) is 30.8 Å². The van der Waals surface area contributed by atoms with Gasteiger partial charge in [-0.05, 0) is 93.5 Å². The van der Waals surface area contributed by atoms with Crippen LogP contribution in [0.25, 0.3) is 0 Å². The highest BCUT2D eigenvalue weighted by Crippen LogP contribution is 2.39. The lowest BCUT2D eigenvalue weighted by Crippen LogP contribution is -2.37. The van der Waals surface area contributed by atoms with Gasteiger partial charge in [0.1, 0.15) is 31.1 Å². The minimum atomic E-state index is -3.97. The van der Waals surface area contributed by atoms with E-state index in [1.54, 1.807) is 24.3 Å². The minimum Gasteiger partial charge on any atom is -0.461 e. The molecule has 354 valence electrons. The number of benzene rings is 2. The standard InChI is InChI=1S/C49H65F4NO10/c1-3-5-6-7-8-9-11-14-31-48(50,51)37-49(52,53)64-43-25-23-40(24-26-43)46(57)63-42-29-27-41(28-30-42)62-45(56)39-21-19-38(20-22-39)18-17-34-59-33-15-12-10-13-16-35-61-47(58)54-32-36-60-44(55)4-2/h4,19-22,27-30,40,43H,2-3,5-16,23-26,31-37H2,1H3,(H,54,58). The molecule has 0 heterocycles. The summed E-state index contributed by atoms with van der Waals surface area (Å²) in [5.74, 6) is 0.614. The van der Waals surface area contributed by atoms with E-state index in [9.17, 15) is 36.7 Å². The van der Waals surface area contributed by atoms with Gasteiger partial charge in [0.05, 0.1) is 30.7 Å². The Kier molecular flexibility index (Phi) is 25.2. The maximum Gasteiger partial charge on any atom is 0.407 e. The Balaban J connectivity index is 1.24. The average Bonchev–Trinajstić information content (AvgIpc) is 3.26. The second-order valence-electron chi connectivity index (χ2n) is 15.9. The molecule has 0 aromatic heterocycles. The lowest BCUT2D eigenvalue weighted by Gasteiger charge is -2.31. The first kappa shape index (κ1) is 53.4. The lowest BCUT2D eigenvalue weighted by atomic mass is 9.87. The number of hydrogen-bond acceptors (Lipinski definition) is 10.